The molecule has 366 valence electrons. The number of anilines is 2. The van der Waals surface area contributed by atoms with E-state index in [1.54, 1.807) is 38.6 Å². The number of carbonyl (C=O) groups excluding carboxylic acids is 2. The van der Waals surface area contributed by atoms with E-state index in [9.17, 15) is 26.4 Å². The van der Waals surface area contributed by atoms with Crippen LogP contribution in [0.2, 0.25) is 10.0 Å². The number of pyridine rings is 2. The molecule has 2 fully saturated rings. The zero-order chi connectivity index (χ0) is 49.7. The molecule has 0 aliphatic carbocycles. The van der Waals surface area contributed by atoms with Crippen LogP contribution in [0.3, 0.4) is 0 Å². The number of rotatable bonds is 17. The Balaban J connectivity index is 0.954. The fourth-order valence-electron chi connectivity index (χ4n) is 8.11. The number of hydrogen-bond acceptors (Lipinski definition) is 14. The first-order valence-electron chi connectivity index (χ1n) is 21.9. The summed E-state index contributed by atoms with van der Waals surface area (Å²) in [6.45, 7) is 4.61. The Morgan fingerprint density at radius 2 is 0.900 bits per heavy atom. The summed E-state index contributed by atoms with van der Waals surface area (Å²) in [4.78, 5) is 36.6. The normalized spacial score (nSPS) is 15.3. The molecule has 0 N–H and O–H groups in total. The van der Waals surface area contributed by atoms with E-state index in [4.69, 9.17) is 42.1 Å². The fraction of sp³-hybridized carbons (Fsp3) is 0.280. The molecule has 0 spiro atoms. The Morgan fingerprint density at radius 1 is 0.529 bits per heavy atom. The summed E-state index contributed by atoms with van der Waals surface area (Å²) in [7, 11) is -6.14. The highest BCUT2D eigenvalue weighted by Crippen LogP contribution is 2.38. The van der Waals surface area contributed by atoms with Crippen LogP contribution in [0.25, 0.3) is 11.1 Å². The zero-order valence-electron chi connectivity index (χ0n) is 37.9. The molecule has 4 heterocycles. The molecule has 2 aromatic heterocycles. The molecule has 4 aromatic carbocycles. The Bertz CT molecular complexity index is 2980. The Kier molecular flexibility index (Phi) is 15.3. The number of sulfone groups is 2. The lowest BCUT2D eigenvalue weighted by atomic mass is 9.91. The van der Waals surface area contributed by atoms with Gasteiger partial charge in [-0.15, -0.1) is 0 Å². The van der Waals surface area contributed by atoms with Crippen LogP contribution in [-0.4, -0.2) is 88.6 Å². The third-order valence-electron chi connectivity index (χ3n) is 12.2. The molecule has 14 nitrogen and oxygen atoms in total. The van der Waals surface area contributed by atoms with Crippen molar-refractivity contribution in [3.05, 3.63) is 152 Å². The largest absolute Gasteiger partial charge is 0.488 e. The molecule has 0 radical (unpaired) electrons. The topological polar surface area (TPSA) is 172 Å². The standard InChI is InChI=1S/C50H46Cl2F2N4O10S2/c1-31-37(29-67-49-19-47(35(25-59)15-45(49)51)65-27-33-11-41(23-55-21-33)57-3-7-69(61,62)8-4-57)13-39(53)17-43(31)44-18-40(54)14-38(32(44)2)30-68-50-20-48(36(26-60)16-46(50)52)66-28-34-12-42(24-56-22-34)58-5-9-70(63,64)10-6-58/h11-26H,3-10,27-30H2,1-2H3. The lowest BCUT2D eigenvalue weighted by Gasteiger charge is -2.28. The van der Waals surface area contributed by atoms with Gasteiger partial charge in [0.05, 0.1) is 68.0 Å². The number of benzene rings is 4. The van der Waals surface area contributed by atoms with Crippen LogP contribution >= 0.6 is 23.2 Å². The van der Waals surface area contributed by atoms with E-state index < -0.39 is 31.3 Å². The number of carbonyl (C=O) groups is 2. The van der Waals surface area contributed by atoms with Crippen molar-refractivity contribution in [1.82, 2.24) is 9.97 Å². The molecule has 0 saturated carbocycles. The van der Waals surface area contributed by atoms with E-state index in [0.717, 1.165) is 11.4 Å². The van der Waals surface area contributed by atoms with Crippen molar-refractivity contribution in [1.29, 1.82) is 0 Å². The molecule has 2 aliphatic heterocycles. The maximum absolute atomic E-state index is 15.5. The number of nitrogens with zero attached hydrogens (tertiary/aromatic N) is 4. The molecule has 70 heavy (non-hydrogen) atoms. The quantitative estimate of drug-likeness (QED) is 0.0794. The van der Waals surface area contributed by atoms with Gasteiger partial charge in [0.1, 0.15) is 61.1 Å². The summed E-state index contributed by atoms with van der Waals surface area (Å²) in [5.74, 6) is -0.343. The van der Waals surface area contributed by atoms with Gasteiger partial charge in [0.2, 0.25) is 0 Å². The predicted octanol–water partition coefficient (Wildman–Crippen LogP) is 8.76. The molecule has 0 bridgehead atoms. The molecule has 0 unspecified atom stereocenters. The molecule has 2 saturated heterocycles. The Hall–Kier alpha value is -6.34. The highest BCUT2D eigenvalue weighted by Gasteiger charge is 2.24. The van der Waals surface area contributed by atoms with Gasteiger partial charge in [-0.1, -0.05) is 23.2 Å². The van der Waals surface area contributed by atoms with E-state index in [-0.39, 0.29) is 93.6 Å². The van der Waals surface area contributed by atoms with Crippen LogP contribution in [0.15, 0.2) is 85.5 Å². The second-order valence-electron chi connectivity index (χ2n) is 16.9. The predicted molar refractivity (Wildman–Crippen MR) is 262 cm³/mol. The number of ether oxygens (including phenoxy) is 4. The van der Waals surface area contributed by atoms with Crippen molar-refractivity contribution in [3.8, 4) is 34.1 Å². The smallest absolute Gasteiger partial charge is 0.153 e. The second-order valence-corrected chi connectivity index (χ2v) is 22.3. The summed E-state index contributed by atoms with van der Waals surface area (Å²) >= 11 is 13.1. The van der Waals surface area contributed by atoms with Gasteiger partial charge in [-0.05, 0) is 95.8 Å². The minimum atomic E-state index is -3.07. The first-order chi connectivity index (χ1) is 33.5. The van der Waals surface area contributed by atoms with Gasteiger partial charge in [0.25, 0.3) is 0 Å². The number of aldehydes is 2. The van der Waals surface area contributed by atoms with E-state index in [1.165, 1.54) is 48.5 Å². The molecular weight excluding hydrogens is 990 g/mol. The summed E-state index contributed by atoms with van der Waals surface area (Å²) < 4.78 is 103. The summed E-state index contributed by atoms with van der Waals surface area (Å²) in [6.07, 6.45) is 7.70. The van der Waals surface area contributed by atoms with E-state index >= 15 is 8.78 Å². The van der Waals surface area contributed by atoms with Crippen LogP contribution in [0, 0.1) is 25.5 Å². The average molecular weight is 1040 g/mol. The Morgan fingerprint density at radius 3 is 1.27 bits per heavy atom. The van der Waals surface area contributed by atoms with Crippen molar-refractivity contribution < 1.29 is 54.2 Å². The van der Waals surface area contributed by atoms with Crippen molar-refractivity contribution >= 4 is 66.8 Å². The van der Waals surface area contributed by atoms with Gasteiger partial charge < -0.3 is 28.7 Å². The van der Waals surface area contributed by atoms with E-state index in [1.807, 2.05) is 21.9 Å². The third kappa shape index (κ3) is 12.0. The summed E-state index contributed by atoms with van der Waals surface area (Å²) in [5.41, 5.74) is 6.02. The number of aromatic nitrogens is 2. The van der Waals surface area contributed by atoms with E-state index in [2.05, 4.69) is 9.97 Å². The Labute approximate surface area is 413 Å². The maximum atomic E-state index is 15.5. The summed E-state index contributed by atoms with van der Waals surface area (Å²) in [6, 6.07) is 14.6. The highest BCUT2D eigenvalue weighted by molar-refractivity contribution is 7.91. The first kappa shape index (κ1) is 50.1. The van der Waals surface area contributed by atoms with Crippen LogP contribution in [0.1, 0.15) is 54.1 Å². The second kappa shape index (κ2) is 21.3. The van der Waals surface area contributed by atoms with E-state index in [0.29, 0.717) is 83.3 Å². The minimum Gasteiger partial charge on any atom is -0.488 e. The van der Waals surface area contributed by atoms with Crippen LogP contribution in [0.4, 0.5) is 20.2 Å². The zero-order valence-corrected chi connectivity index (χ0v) is 41.1. The molecule has 6 aromatic rings. The van der Waals surface area contributed by atoms with Crippen LogP contribution in [-0.2, 0) is 46.1 Å². The van der Waals surface area contributed by atoms with Crippen molar-refractivity contribution in [2.75, 3.05) is 59.0 Å². The molecule has 0 atom stereocenters. The SMILES string of the molecule is Cc1c(COc2cc(OCc3cncc(N4CCS(=O)(=O)CC4)c3)c(C=O)cc2Cl)cc(F)cc1-c1cc(F)cc(COc2cc(OCc3cncc(N4CCS(=O)(=O)CC4)c3)c(C=O)cc2Cl)c1C. The number of hydrogen-bond donors (Lipinski definition) is 0. The van der Waals surface area contributed by atoms with Gasteiger partial charge in [0, 0.05) is 61.8 Å². The highest BCUT2D eigenvalue weighted by atomic mass is 35.5. The molecular formula is C50H46Cl2F2N4O10S2. The third-order valence-corrected chi connectivity index (χ3v) is 16.0. The van der Waals surface area contributed by atoms with Gasteiger partial charge >= 0.3 is 0 Å². The lowest BCUT2D eigenvalue weighted by molar-refractivity contribution is 0.111. The molecule has 0 amide bonds. The molecule has 20 heteroatoms. The van der Waals surface area contributed by atoms with Crippen LogP contribution in [0.5, 0.6) is 23.0 Å². The van der Waals surface area contributed by atoms with Crippen LogP contribution < -0.4 is 28.7 Å². The number of halogens is 4. The van der Waals surface area contributed by atoms with Gasteiger partial charge in [0.15, 0.2) is 32.2 Å². The molecule has 2 aliphatic rings. The summed E-state index contributed by atoms with van der Waals surface area (Å²) in [5, 5.41) is 0.214. The maximum Gasteiger partial charge on any atom is 0.153 e. The lowest BCUT2D eigenvalue weighted by Crippen LogP contribution is -2.40. The van der Waals surface area contributed by atoms with Crippen molar-refractivity contribution in [2.45, 2.75) is 40.3 Å². The average Bonchev–Trinajstić information content (AvgIpc) is 3.34. The molecule has 8 rings (SSSR count). The fourth-order valence-corrected chi connectivity index (χ4v) is 11.0. The van der Waals surface area contributed by atoms with Gasteiger partial charge in [-0.3, -0.25) is 19.6 Å². The van der Waals surface area contributed by atoms with Gasteiger partial charge in [-0.25, -0.2) is 25.6 Å². The first-order valence-corrected chi connectivity index (χ1v) is 26.3. The van der Waals surface area contributed by atoms with Crippen molar-refractivity contribution in [2.24, 2.45) is 0 Å². The van der Waals surface area contributed by atoms with Gasteiger partial charge in [-0.2, -0.15) is 0 Å². The minimum absolute atomic E-state index is 0.0173. The van der Waals surface area contributed by atoms with Crippen molar-refractivity contribution in [3.63, 3.8) is 0 Å². The monoisotopic (exact) mass is 1030 g/mol.